The van der Waals surface area contributed by atoms with Crippen molar-refractivity contribution in [3.63, 3.8) is 0 Å². The molecule has 0 spiro atoms. The number of aromatic hydroxyl groups is 1. The van der Waals surface area contributed by atoms with E-state index in [1.54, 1.807) is 24.3 Å². The number of rotatable bonds is 12. The highest BCUT2D eigenvalue weighted by Gasteiger charge is 2.23. The van der Waals surface area contributed by atoms with E-state index < -0.39 is 29.5 Å². The molecule has 0 fully saturated rings. The van der Waals surface area contributed by atoms with Gasteiger partial charge in [-0.25, -0.2) is 15.8 Å². The zero-order chi connectivity index (χ0) is 26.9. The van der Waals surface area contributed by atoms with E-state index in [0.29, 0.717) is 16.9 Å². The van der Waals surface area contributed by atoms with Gasteiger partial charge in [-0.05, 0) is 30.7 Å². The van der Waals surface area contributed by atoms with Crippen LogP contribution >= 0.6 is 0 Å². The first-order chi connectivity index (χ1) is 17.7. The molecule has 2 amide bonds. The molecule has 1 atom stereocenters. The Labute approximate surface area is 209 Å². The van der Waals surface area contributed by atoms with Crippen molar-refractivity contribution in [1.29, 1.82) is 0 Å². The quantitative estimate of drug-likeness (QED) is 0.0700. The number of benzene rings is 1. The molecule has 15 nitrogen and oxygen atoms in total. The number of amides is 2. The lowest BCUT2D eigenvalue weighted by Gasteiger charge is -2.12. The number of nitrogens with one attached hydrogen (secondary N) is 3. The number of carbonyl (C=O) groups is 4. The minimum absolute atomic E-state index is 0.0726. The first-order valence-corrected chi connectivity index (χ1v) is 11.0. The maximum atomic E-state index is 12.6. The van der Waals surface area contributed by atoms with Crippen LogP contribution < -0.4 is 27.6 Å². The first kappa shape index (κ1) is 26.7. The van der Waals surface area contributed by atoms with E-state index in [-0.39, 0.29) is 55.3 Å². The predicted molar refractivity (Wildman–Crippen MR) is 130 cm³/mol. The van der Waals surface area contributed by atoms with Gasteiger partial charge < -0.3 is 26.6 Å². The molecular weight excluding hydrogens is 486 g/mol. The third kappa shape index (κ3) is 7.53. The summed E-state index contributed by atoms with van der Waals surface area (Å²) in [7, 11) is 0. The van der Waals surface area contributed by atoms with Crippen LogP contribution in [0.1, 0.15) is 35.3 Å². The lowest BCUT2D eigenvalue weighted by Crippen LogP contribution is -2.40. The molecule has 0 aliphatic rings. The van der Waals surface area contributed by atoms with Crippen LogP contribution in [0.2, 0.25) is 0 Å². The largest absolute Gasteiger partial charge is 0.492 e. The standard InChI is InChI=1S/C22H25N9O6/c23-22-29-19-18(20(35)30-22)28-14(9-27-19)8-25-13-4-1-11(2-5-13)15(32)7-12(21(36)37)3-6-16(33)26-10-17(34)31-24/h1-2,4-5,9,12,25H,3,6-8,10,24H2,(H,26,33)(H,31,34)(H,36,37)(H3,23,27,29,30,35). The number of nitrogen functional groups attached to an aromatic ring is 1. The summed E-state index contributed by atoms with van der Waals surface area (Å²) in [5, 5.41) is 24.7. The number of aliphatic carboxylic acids is 1. The minimum atomic E-state index is -1.20. The van der Waals surface area contributed by atoms with Gasteiger partial charge in [0.05, 0.1) is 30.9 Å². The number of aromatic nitrogens is 4. The number of hydrazine groups is 1. The molecular formula is C22H25N9O6. The highest BCUT2D eigenvalue weighted by Crippen LogP contribution is 2.20. The number of carboxylic acids is 1. The fourth-order valence-corrected chi connectivity index (χ4v) is 3.28. The third-order valence-corrected chi connectivity index (χ3v) is 5.24. The maximum Gasteiger partial charge on any atom is 0.306 e. The average Bonchev–Trinajstić information content (AvgIpc) is 2.88. The molecule has 0 bridgehead atoms. The normalized spacial score (nSPS) is 11.5. The molecule has 0 saturated heterocycles. The van der Waals surface area contributed by atoms with E-state index in [9.17, 15) is 29.4 Å². The zero-order valence-electron chi connectivity index (χ0n) is 19.5. The van der Waals surface area contributed by atoms with Crippen molar-refractivity contribution >= 4 is 46.4 Å². The number of Topliss-reactive ketones (excluding diaryl/α,β-unsaturated/α-hetero) is 1. The number of carbonyl (C=O) groups excluding carboxylic acids is 3. The summed E-state index contributed by atoms with van der Waals surface area (Å²) in [4.78, 5) is 62.9. The van der Waals surface area contributed by atoms with E-state index in [2.05, 4.69) is 30.6 Å². The molecule has 15 heteroatoms. The van der Waals surface area contributed by atoms with Crippen molar-refractivity contribution in [3.05, 3.63) is 41.7 Å². The Balaban J connectivity index is 1.54. The molecule has 0 radical (unpaired) electrons. The Morgan fingerprint density at radius 2 is 1.76 bits per heavy atom. The molecule has 194 valence electrons. The van der Waals surface area contributed by atoms with Gasteiger partial charge in [-0.15, -0.1) is 0 Å². The Kier molecular flexibility index (Phi) is 8.77. The maximum absolute atomic E-state index is 12.6. The van der Waals surface area contributed by atoms with Gasteiger partial charge in [0.15, 0.2) is 16.9 Å². The van der Waals surface area contributed by atoms with Gasteiger partial charge in [0.25, 0.3) is 5.91 Å². The molecule has 0 aliphatic heterocycles. The lowest BCUT2D eigenvalue weighted by atomic mass is 9.94. The highest BCUT2D eigenvalue weighted by molar-refractivity contribution is 5.98. The van der Waals surface area contributed by atoms with Crippen LogP contribution in [-0.4, -0.2) is 60.3 Å². The van der Waals surface area contributed by atoms with Crippen molar-refractivity contribution in [3.8, 4) is 5.88 Å². The number of hydrogen-bond donors (Lipinski definition) is 7. The van der Waals surface area contributed by atoms with E-state index in [0.717, 1.165) is 0 Å². The van der Waals surface area contributed by atoms with Gasteiger partial charge >= 0.3 is 5.97 Å². The zero-order valence-corrected chi connectivity index (χ0v) is 19.5. The third-order valence-electron chi connectivity index (χ3n) is 5.24. The van der Waals surface area contributed by atoms with Gasteiger partial charge in [0.1, 0.15) is 0 Å². The Bertz CT molecular complexity index is 1320. The topological polar surface area (TPSA) is 248 Å². The van der Waals surface area contributed by atoms with Crippen LogP contribution in [0.25, 0.3) is 11.2 Å². The second-order valence-electron chi connectivity index (χ2n) is 7.92. The van der Waals surface area contributed by atoms with Crippen LogP contribution in [0, 0.1) is 5.92 Å². The second-order valence-corrected chi connectivity index (χ2v) is 7.92. The Hall–Kier alpha value is -4.92. The summed E-state index contributed by atoms with van der Waals surface area (Å²) < 4.78 is 0. The Morgan fingerprint density at radius 3 is 2.43 bits per heavy atom. The fraction of sp³-hybridized carbons (Fsp3) is 0.273. The van der Waals surface area contributed by atoms with E-state index in [1.165, 1.54) is 6.20 Å². The smallest absolute Gasteiger partial charge is 0.306 e. The molecule has 3 aromatic rings. The van der Waals surface area contributed by atoms with E-state index in [4.69, 9.17) is 11.6 Å². The first-order valence-electron chi connectivity index (χ1n) is 11.0. The lowest BCUT2D eigenvalue weighted by molar-refractivity contribution is -0.142. The number of carboxylic acid groups (broad SMARTS) is 1. The van der Waals surface area contributed by atoms with Crippen LogP contribution in [0.5, 0.6) is 5.88 Å². The van der Waals surface area contributed by atoms with Crippen molar-refractivity contribution in [2.45, 2.75) is 25.8 Å². The van der Waals surface area contributed by atoms with Gasteiger partial charge in [-0.3, -0.25) is 24.6 Å². The van der Waals surface area contributed by atoms with E-state index in [1.807, 2.05) is 5.43 Å². The number of ketones is 1. The predicted octanol–water partition coefficient (Wildman–Crippen LogP) is -0.520. The summed E-state index contributed by atoms with van der Waals surface area (Å²) in [6.45, 7) is -0.0814. The molecule has 2 heterocycles. The van der Waals surface area contributed by atoms with Crippen LogP contribution in [0.3, 0.4) is 0 Å². The van der Waals surface area contributed by atoms with Crippen molar-refractivity contribution in [2.75, 3.05) is 17.6 Å². The number of anilines is 2. The van der Waals surface area contributed by atoms with E-state index >= 15 is 0 Å². The summed E-state index contributed by atoms with van der Waals surface area (Å²) in [5.41, 5.74) is 9.07. The molecule has 3 rings (SSSR count). The summed E-state index contributed by atoms with van der Waals surface area (Å²) in [6.07, 6.45) is 0.941. The second kappa shape index (κ2) is 12.2. The average molecular weight is 511 g/mol. The number of hydrogen-bond acceptors (Lipinski definition) is 12. The van der Waals surface area contributed by atoms with Gasteiger partial charge in [0.2, 0.25) is 17.7 Å². The Morgan fingerprint density at radius 1 is 1.03 bits per heavy atom. The van der Waals surface area contributed by atoms with Crippen LogP contribution in [0.15, 0.2) is 30.5 Å². The molecule has 1 aromatic carbocycles. The van der Waals surface area contributed by atoms with Crippen molar-refractivity contribution < 1.29 is 29.4 Å². The fourth-order valence-electron chi connectivity index (χ4n) is 3.28. The van der Waals surface area contributed by atoms with Gasteiger partial charge in [-0.1, -0.05) is 0 Å². The van der Waals surface area contributed by atoms with Crippen LogP contribution in [-0.2, 0) is 20.9 Å². The van der Waals surface area contributed by atoms with Crippen molar-refractivity contribution in [1.82, 2.24) is 30.7 Å². The van der Waals surface area contributed by atoms with Gasteiger partial charge in [-0.2, -0.15) is 9.97 Å². The molecule has 2 aromatic heterocycles. The van der Waals surface area contributed by atoms with Crippen LogP contribution in [0.4, 0.5) is 11.6 Å². The number of fused-ring (bicyclic) bond motifs is 1. The molecule has 0 saturated carbocycles. The number of nitrogens with two attached hydrogens (primary N) is 2. The van der Waals surface area contributed by atoms with Crippen molar-refractivity contribution in [2.24, 2.45) is 11.8 Å². The molecule has 0 aliphatic carbocycles. The molecule has 37 heavy (non-hydrogen) atoms. The van der Waals surface area contributed by atoms with Gasteiger partial charge in [0, 0.05) is 24.1 Å². The molecule has 9 N–H and O–H groups in total. The summed E-state index contributed by atoms with van der Waals surface area (Å²) in [6, 6.07) is 6.40. The highest BCUT2D eigenvalue weighted by atomic mass is 16.4. The number of nitrogens with zero attached hydrogens (tertiary/aromatic N) is 4. The SMILES string of the molecule is NNC(=O)CNC(=O)CCC(CC(=O)c1ccc(NCc2cnc3nc(N)nc(O)c3n2)cc1)C(=O)O. The summed E-state index contributed by atoms with van der Waals surface area (Å²) in [5.74, 6) is 0.644. The molecule has 1 unspecified atom stereocenters. The minimum Gasteiger partial charge on any atom is -0.492 e. The summed E-state index contributed by atoms with van der Waals surface area (Å²) >= 11 is 0. The monoisotopic (exact) mass is 511 g/mol.